The van der Waals surface area contributed by atoms with Crippen molar-refractivity contribution in [2.45, 2.75) is 64.3 Å². The molecule has 2 aliphatic rings. The van der Waals surface area contributed by atoms with E-state index in [1.807, 2.05) is 0 Å². The van der Waals surface area contributed by atoms with Crippen LogP contribution in [-0.4, -0.2) is 59.6 Å². The molecule has 0 aromatic heterocycles. The van der Waals surface area contributed by atoms with E-state index in [1.54, 1.807) is 0 Å². The second kappa shape index (κ2) is 12.7. The number of aliphatic carboxylic acids is 1. The third-order valence-corrected chi connectivity index (χ3v) is 8.24. The van der Waals surface area contributed by atoms with Crippen molar-refractivity contribution in [1.82, 2.24) is 9.80 Å². The van der Waals surface area contributed by atoms with E-state index in [1.165, 1.54) is 56.3 Å². The minimum atomic E-state index is -0.664. The van der Waals surface area contributed by atoms with Crippen molar-refractivity contribution in [1.29, 1.82) is 0 Å². The smallest absolute Gasteiger partial charge is 0.320 e. The fourth-order valence-corrected chi connectivity index (χ4v) is 6.30. The third kappa shape index (κ3) is 7.41. The Bertz CT molecular complexity index is 893. The Morgan fingerprint density at radius 1 is 0.971 bits per heavy atom. The first-order chi connectivity index (χ1) is 17.0. The van der Waals surface area contributed by atoms with Gasteiger partial charge in [-0.15, -0.1) is 0 Å². The summed E-state index contributed by atoms with van der Waals surface area (Å²) in [5.41, 5.74) is 2.82. The zero-order valence-electron chi connectivity index (χ0n) is 21.7. The molecule has 1 N–H and O–H groups in total. The van der Waals surface area contributed by atoms with E-state index in [4.69, 9.17) is 0 Å². The summed E-state index contributed by atoms with van der Waals surface area (Å²) in [6, 6.07) is 21.3. The van der Waals surface area contributed by atoms with Gasteiger partial charge in [-0.3, -0.25) is 9.69 Å². The molecule has 4 heteroatoms. The number of carboxylic acid groups (broad SMARTS) is 1. The summed E-state index contributed by atoms with van der Waals surface area (Å²) in [6.45, 7) is 9.45. The average molecular weight is 477 g/mol. The number of rotatable bonds is 11. The Kier molecular flexibility index (Phi) is 9.39. The van der Waals surface area contributed by atoms with Crippen LogP contribution in [0.4, 0.5) is 0 Å². The molecule has 2 heterocycles. The lowest BCUT2D eigenvalue weighted by atomic mass is 9.87. The van der Waals surface area contributed by atoms with Gasteiger partial charge in [-0.2, -0.15) is 0 Å². The normalized spacial score (nSPS) is 23.1. The number of carboxylic acids is 1. The summed E-state index contributed by atoms with van der Waals surface area (Å²) in [7, 11) is 0. The molecule has 0 saturated carbocycles. The van der Waals surface area contributed by atoms with E-state index in [-0.39, 0.29) is 6.04 Å². The monoisotopic (exact) mass is 476 g/mol. The zero-order valence-corrected chi connectivity index (χ0v) is 21.7. The lowest BCUT2D eigenvalue weighted by molar-refractivity contribution is -0.143. The Balaban J connectivity index is 1.32. The number of hydrogen-bond donors (Lipinski definition) is 1. The van der Waals surface area contributed by atoms with Gasteiger partial charge < -0.3 is 10.0 Å². The lowest BCUT2D eigenvalue weighted by Gasteiger charge is -2.35. The quantitative estimate of drug-likeness (QED) is 0.436. The Hall–Kier alpha value is -2.17. The van der Waals surface area contributed by atoms with Crippen molar-refractivity contribution in [3.8, 4) is 0 Å². The van der Waals surface area contributed by atoms with E-state index in [9.17, 15) is 9.90 Å². The minimum absolute atomic E-state index is 0.374. The maximum absolute atomic E-state index is 12.1. The van der Waals surface area contributed by atoms with E-state index in [0.29, 0.717) is 17.8 Å². The summed E-state index contributed by atoms with van der Waals surface area (Å²) in [5, 5.41) is 9.97. The van der Waals surface area contributed by atoms with Gasteiger partial charge in [0.15, 0.2) is 0 Å². The van der Waals surface area contributed by atoms with Crippen LogP contribution in [-0.2, 0) is 11.2 Å². The molecule has 2 aromatic carbocycles. The first kappa shape index (κ1) is 25.9. The van der Waals surface area contributed by atoms with Crippen molar-refractivity contribution >= 4 is 5.97 Å². The standard InChI is InChI=1S/C31H44N2O2/c1-24(2)20-30(31(34)35)33-22-28(29(23-33)27-14-7-4-8-15-27)21-32-18-16-26(17-19-32)13-9-12-25-10-5-3-6-11-25/h3-8,10-11,14-15,24,26,28-30H,9,12-13,16-23H2,1-2H3,(H,34,35)/t28-,29+,30+/m0/s1. The van der Waals surface area contributed by atoms with Crippen LogP contribution in [0.1, 0.15) is 63.0 Å². The van der Waals surface area contributed by atoms with Gasteiger partial charge in [0.2, 0.25) is 0 Å². The zero-order chi connectivity index (χ0) is 24.6. The number of hydrogen-bond acceptors (Lipinski definition) is 3. The first-order valence-electron chi connectivity index (χ1n) is 13.8. The predicted octanol–water partition coefficient (Wildman–Crippen LogP) is 5.94. The van der Waals surface area contributed by atoms with Crippen LogP contribution in [0, 0.1) is 17.8 Å². The molecule has 2 aliphatic heterocycles. The molecule has 4 nitrogen and oxygen atoms in total. The molecule has 0 aliphatic carbocycles. The third-order valence-electron chi connectivity index (χ3n) is 8.24. The van der Waals surface area contributed by atoms with Crippen molar-refractivity contribution < 1.29 is 9.90 Å². The fourth-order valence-electron chi connectivity index (χ4n) is 6.30. The number of nitrogens with zero attached hydrogens (tertiary/aromatic N) is 2. The number of piperidine rings is 1. The highest BCUT2D eigenvalue weighted by Crippen LogP contribution is 2.36. The van der Waals surface area contributed by atoms with Crippen molar-refractivity contribution in [2.24, 2.45) is 17.8 Å². The van der Waals surface area contributed by atoms with E-state index < -0.39 is 5.97 Å². The molecule has 0 amide bonds. The molecule has 2 aromatic rings. The second-order valence-electron chi connectivity index (χ2n) is 11.3. The van der Waals surface area contributed by atoms with Gasteiger partial charge in [-0.1, -0.05) is 80.9 Å². The van der Waals surface area contributed by atoms with Crippen LogP contribution < -0.4 is 0 Å². The lowest BCUT2D eigenvalue weighted by Crippen LogP contribution is -2.42. The highest BCUT2D eigenvalue weighted by Gasteiger charge is 2.40. The van der Waals surface area contributed by atoms with Crippen LogP contribution in [0.2, 0.25) is 0 Å². The highest BCUT2D eigenvalue weighted by molar-refractivity contribution is 5.73. The summed E-state index contributed by atoms with van der Waals surface area (Å²) in [4.78, 5) is 17.1. The molecule has 190 valence electrons. The van der Waals surface area contributed by atoms with Crippen molar-refractivity contribution in [2.75, 3.05) is 32.7 Å². The predicted molar refractivity (Wildman–Crippen MR) is 144 cm³/mol. The van der Waals surface area contributed by atoms with Crippen LogP contribution >= 0.6 is 0 Å². The Morgan fingerprint density at radius 3 is 2.26 bits per heavy atom. The number of aryl methyl sites for hydroxylation is 1. The van der Waals surface area contributed by atoms with E-state index in [0.717, 1.165) is 32.0 Å². The number of benzene rings is 2. The average Bonchev–Trinajstić information content (AvgIpc) is 3.28. The van der Waals surface area contributed by atoms with Gasteiger partial charge in [-0.25, -0.2) is 0 Å². The molecule has 0 bridgehead atoms. The largest absolute Gasteiger partial charge is 0.480 e. The first-order valence-corrected chi connectivity index (χ1v) is 13.8. The highest BCUT2D eigenvalue weighted by atomic mass is 16.4. The van der Waals surface area contributed by atoms with Gasteiger partial charge in [0, 0.05) is 25.6 Å². The van der Waals surface area contributed by atoms with Gasteiger partial charge in [0.1, 0.15) is 6.04 Å². The molecule has 3 atom stereocenters. The van der Waals surface area contributed by atoms with Crippen LogP contribution in [0.3, 0.4) is 0 Å². The maximum Gasteiger partial charge on any atom is 0.320 e. The summed E-state index contributed by atoms with van der Waals surface area (Å²) in [5.74, 6) is 1.46. The summed E-state index contributed by atoms with van der Waals surface area (Å²) >= 11 is 0. The minimum Gasteiger partial charge on any atom is -0.480 e. The van der Waals surface area contributed by atoms with Gasteiger partial charge in [0.25, 0.3) is 0 Å². The topological polar surface area (TPSA) is 43.8 Å². The van der Waals surface area contributed by atoms with Crippen molar-refractivity contribution in [3.63, 3.8) is 0 Å². The summed E-state index contributed by atoms with van der Waals surface area (Å²) in [6.07, 6.45) is 7.13. The number of carbonyl (C=O) groups is 1. The van der Waals surface area contributed by atoms with Gasteiger partial charge in [0.05, 0.1) is 0 Å². The Morgan fingerprint density at radius 2 is 1.63 bits per heavy atom. The Labute approximate surface area is 212 Å². The van der Waals surface area contributed by atoms with Gasteiger partial charge >= 0.3 is 5.97 Å². The maximum atomic E-state index is 12.1. The van der Waals surface area contributed by atoms with Crippen molar-refractivity contribution in [3.05, 3.63) is 71.8 Å². The van der Waals surface area contributed by atoms with Crippen LogP contribution in [0.25, 0.3) is 0 Å². The molecule has 4 rings (SSSR count). The SMILES string of the molecule is CC(C)C[C@H](C(=O)O)N1C[C@H](CN2CCC(CCCc3ccccc3)CC2)[C@@H](c2ccccc2)C1. The molecule has 2 saturated heterocycles. The molecular weight excluding hydrogens is 432 g/mol. The molecule has 0 unspecified atom stereocenters. The second-order valence-corrected chi connectivity index (χ2v) is 11.3. The van der Waals surface area contributed by atoms with E-state index in [2.05, 4.69) is 84.3 Å². The molecule has 2 fully saturated rings. The van der Waals surface area contributed by atoms with E-state index >= 15 is 0 Å². The fraction of sp³-hybridized carbons (Fsp3) is 0.581. The number of likely N-dealkylation sites (tertiary alicyclic amines) is 2. The molecule has 0 radical (unpaired) electrons. The van der Waals surface area contributed by atoms with Crippen LogP contribution in [0.5, 0.6) is 0 Å². The molecule has 0 spiro atoms. The summed E-state index contributed by atoms with van der Waals surface area (Å²) < 4.78 is 0. The molecule has 35 heavy (non-hydrogen) atoms. The molecular formula is C31H44N2O2. The van der Waals surface area contributed by atoms with Gasteiger partial charge in [-0.05, 0) is 74.1 Å². The van der Waals surface area contributed by atoms with Crippen LogP contribution in [0.15, 0.2) is 60.7 Å².